The molecule has 43 heavy (non-hydrogen) atoms. The third-order valence-electron chi connectivity index (χ3n) is 7.25. The zero-order valence-corrected chi connectivity index (χ0v) is 25.3. The molecule has 6 rings (SSSR count). The Kier molecular flexibility index (Phi) is 7.15. The zero-order chi connectivity index (χ0) is 30.5. The number of aromatic nitrogens is 1. The van der Waals surface area contributed by atoms with Gasteiger partial charge in [0.1, 0.15) is 17.2 Å². The van der Waals surface area contributed by atoms with Gasteiger partial charge in [0.05, 0.1) is 30.2 Å². The number of methoxy groups -OCH3 is 1. The number of fused-ring (bicyclic) bond motifs is 2. The predicted molar refractivity (Wildman–Crippen MR) is 169 cm³/mol. The van der Waals surface area contributed by atoms with Crippen LogP contribution in [0.3, 0.4) is 0 Å². The third kappa shape index (κ3) is 5.10. The van der Waals surface area contributed by atoms with Crippen LogP contribution in [0.1, 0.15) is 10.4 Å². The average Bonchev–Trinajstić information content (AvgIpc) is 3.61. The van der Waals surface area contributed by atoms with Crippen LogP contribution in [0, 0.1) is 5.82 Å². The minimum atomic E-state index is -3.70. The fourth-order valence-electron chi connectivity index (χ4n) is 5.01. The van der Waals surface area contributed by atoms with Crippen molar-refractivity contribution in [2.75, 3.05) is 31.8 Å². The molecular weight excluding hydrogens is 590 g/mol. The number of carbonyl (C=O) groups is 1. The van der Waals surface area contributed by atoms with Crippen molar-refractivity contribution in [2.45, 2.75) is 0 Å². The van der Waals surface area contributed by atoms with Crippen molar-refractivity contribution in [1.29, 1.82) is 0 Å². The first kappa shape index (κ1) is 28.4. The molecule has 8 nitrogen and oxygen atoms in total. The monoisotopic (exact) mass is 615 g/mol. The Morgan fingerprint density at radius 2 is 1.77 bits per heavy atom. The molecule has 11 heteroatoms. The number of hydrogen-bond acceptors (Lipinski definition) is 7. The van der Waals surface area contributed by atoms with Gasteiger partial charge < -0.3 is 14.5 Å². The van der Waals surface area contributed by atoms with Crippen molar-refractivity contribution in [1.82, 2.24) is 10.3 Å². The van der Waals surface area contributed by atoms with Crippen LogP contribution < -0.4 is 14.4 Å². The van der Waals surface area contributed by atoms with E-state index in [9.17, 15) is 17.6 Å². The van der Waals surface area contributed by atoms with Crippen LogP contribution in [0.15, 0.2) is 83.4 Å². The highest BCUT2D eigenvalue weighted by molar-refractivity contribution is 7.92. The lowest BCUT2D eigenvalue weighted by atomic mass is 9.98. The molecule has 0 bridgehead atoms. The maximum absolute atomic E-state index is 13.7. The molecule has 0 radical (unpaired) electrons. The molecule has 3 aromatic carbocycles. The zero-order valence-electron chi connectivity index (χ0n) is 23.6. The molecule has 0 unspecified atom stereocenters. The second-order valence-corrected chi connectivity index (χ2v) is 13.0. The predicted octanol–water partition coefficient (Wildman–Crippen LogP) is 6.95. The second-order valence-electron chi connectivity index (χ2n) is 9.92. The van der Waals surface area contributed by atoms with E-state index in [1.165, 1.54) is 38.4 Å². The molecule has 3 heterocycles. The highest BCUT2D eigenvalue weighted by Crippen LogP contribution is 2.44. The molecule has 0 aliphatic carbocycles. The average molecular weight is 616 g/mol. The van der Waals surface area contributed by atoms with Crippen molar-refractivity contribution >= 4 is 54.0 Å². The molecular formula is C32H26FN3O5S2. The van der Waals surface area contributed by atoms with Gasteiger partial charge in [-0.2, -0.15) is 0 Å². The lowest BCUT2D eigenvalue weighted by molar-refractivity contribution is 0.0964. The number of amides is 1. The normalized spacial score (nSPS) is 11.7. The second kappa shape index (κ2) is 10.8. The smallest absolute Gasteiger partial charge is 0.255 e. The molecule has 218 valence electrons. The number of halogens is 1. The van der Waals surface area contributed by atoms with Crippen molar-refractivity contribution in [3.63, 3.8) is 0 Å². The minimum Gasteiger partial charge on any atom is -0.481 e. The number of nitrogens with zero attached hydrogens (tertiary/aromatic N) is 2. The van der Waals surface area contributed by atoms with E-state index >= 15 is 0 Å². The first-order valence-corrected chi connectivity index (χ1v) is 15.8. The summed E-state index contributed by atoms with van der Waals surface area (Å²) in [7, 11) is 0.805. The van der Waals surface area contributed by atoms with Gasteiger partial charge in [0.15, 0.2) is 0 Å². The molecule has 0 saturated carbocycles. The molecule has 6 aromatic rings. The van der Waals surface area contributed by atoms with E-state index in [-0.39, 0.29) is 11.3 Å². The van der Waals surface area contributed by atoms with Gasteiger partial charge in [-0.15, -0.1) is 11.3 Å². The molecule has 1 N–H and O–H groups in total. The minimum absolute atomic E-state index is 0.235. The number of furan rings is 1. The molecule has 0 spiro atoms. The molecule has 0 aliphatic heterocycles. The van der Waals surface area contributed by atoms with E-state index in [4.69, 9.17) is 9.15 Å². The van der Waals surface area contributed by atoms with Crippen LogP contribution in [0.5, 0.6) is 5.88 Å². The van der Waals surface area contributed by atoms with Gasteiger partial charge in [-0.25, -0.2) is 17.8 Å². The van der Waals surface area contributed by atoms with Crippen LogP contribution in [-0.4, -0.2) is 46.8 Å². The van der Waals surface area contributed by atoms with Gasteiger partial charge in [0.2, 0.25) is 15.9 Å². The van der Waals surface area contributed by atoms with Crippen molar-refractivity contribution in [3.8, 4) is 38.8 Å². The summed E-state index contributed by atoms with van der Waals surface area (Å²) in [4.78, 5) is 18.7. The maximum atomic E-state index is 13.7. The Labute approximate surface area is 251 Å². The molecule has 0 fully saturated rings. The van der Waals surface area contributed by atoms with Crippen LogP contribution in [0.25, 0.3) is 53.9 Å². The Hall–Kier alpha value is -4.74. The van der Waals surface area contributed by atoms with Crippen molar-refractivity contribution in [3.05, 3.63) is 90.4 Å². The van der Waals surface area contributed by atoms with Crippen molar-refractivity contribution in [2.24, 2.45) is 0 Å². The number of ether oxygens (including phenoxy) is 1. The van der Waals surface area contributed by atoms with Gasteiger partial charge in [-0.05, 0) is 53.9 Å². The standard InChI is InChI=1S/C32H26FN3O5S2/c1-34-31(37)29-23-15-22(20-13-24(32(40-3)35-17-20)28-14-19-7-5-6-8-27(19)42-28)25(36(2)43(4,38)39)16-26(23)41-30(29)18-9-11-21(33)12-10-18/h5-17H,1-4H3,(H,34,37). The van der Waals surface area contributed by atoms with Gasteiger partial charge in [-0.1, -0.05) is 18.2 Å². The van der Waals surface area contributed by atoms with E-state index in [0.717, 1.165) is 31.1 Å². The van der Waals surface area contributed by atoms with E-state index < -0.39 is 21.7 Å². The molecule has 0 aliphatic rings. The summed E-state index contributed by atoms with van der Waals surface area (Å²) < 4.78 is 53.3. The Balaban J connectivity index is 1.64. The summed E-state index contributed by atoms with van der Waals surface area (Å²) in [6, 6.07) is 20.9. The summed E-state index contributed by atoms with van der Waals surface area (Å²) >= 11 is 1.59. The summed E-state index contributed by atoms with van der Waals surface area (Å²) in [6.07, 6.45) is 2.72. The van der Waals surface area contributed by atoms with Gasteiger partial charge >= 0.3 is 0 Å². The van der Waals surface area contributed by atoms with Crippen LogP contribution in [0.4, 0.5) is 10.1 Å². The first-order chi connectivity index (χ1) is 20.6. The van der Waals surface area contributed by atoms with E-state index in [0.29, 0.717) is 39.2 Å². The number of rotatable bonds is 7. The molecule has 1 amide bonds. The summed E-state index contributed by atoms with van der Waals surface area (Å²) in [5.41, 5.74) is 3.20. The maximum Gasteiger partial charge on any atom is 0.255 e. The number of nitrogens with one attached hydrogen (secondary N) is 1. The number of hydrogen-bond donors (Lipinski definition) is 1. The van der Waals surface area contributed by atoms with E-state index in [1.807, 2.05) is 30.3 Å². The largest absolute Gasteiger partial charge is 0.481 e. The number of benzene rings is 3. The number of sulfonamides is 1. The Bertz CT molecular complexity index is 2100. The molecule has 0 saturated heterocycles. The number of carbonyl (C=O) groups excluding carboxylic acids is 1. The fourth-order valence-corrected chi connectivity index (χ4v) is 6.59. The number of anilines is 1. The van der Waals surface area contributed by atoms with Gasteiger partial charge in [0.25, 0.3) is 5.91 Å². The van der Waals surface area contributed by atoms with Gasteiger partial charge in [-0.3, -0.25) is 9.10 Å². The lowest BCUT2D eigenvalue weighted by Gasteiger charge is -2.21. The Morgan fingerprint density at radius 1 is 1.02 bits per heavy atom. The number of pyridine rings is 1. The fraction of sp³-hybridized carbons (Fsp3) is 0.125. The van der Waals surface area contributed by atoms with Gasteiger partial charge in [0, 0.05) is 58.0 Å². The topological polar surface area (TPSA) is 102 Å². The summed E-state index contributed by atoms with van der Waals surface area (Å²) in [6.45, 7) is 0. The summed E-state index contributed by atoms with van der Waals surface area (Å²) in [5.74, 6) is -0.185. The van der Waals surface area contributed by atoms with E-state index in [2.05, 4.69) is 16.4 Å². The van der Waals surface area contributed by atoms with Crippen LogP contribution in [-0.2, 0) is 10.0 Å². The van der Waals surface area contributed by atoms with Crippen LogP contribution in [0.2, 0.25) is 0 Å². The quantitative estimate of drug-likeness (QED) is 0.209. The highest BCUT2D eigenvalue weighted by atomic mass is 32.2. The SMILES string of the molecule is CNC(=O)c1c(-c2ccc(F)cc2)oc2cc(N(C)S(C)(=O)=O)c(-c3cnc(OC)c(-c4cc5ccccc5s4)c3)cc12. The van der Waals surface area contributed by atoms with E-state index in [1.54, 1.807) is 36.8 Å². The summed E-state index contributed by atoms with van der Waals surface area (Å²) in [5, 5.41) is 4.19. The molecule has 3 aromatic heterocycles. The number of thiophene rings is 1. The molecule has 0 atom stereocenters. The lowest BCUT2D eigenvalue weighted by Crippen LogP contribution is -2.25. The third-order valence-corrected chi connectivity index (χ3v) is 9.59. The van der Waals surface area contributed by atoms with Crippen LogP contribution >= 0.6 is 11.3 Å². The Morgan fingerprint density at radius 3 is 2.44 bits per heavy atom. The first-order valence-electron chi connectivity index (χ1n) is 13.1. The van der Waals surface area contributed by atoms with Crippen molar-refractivity contribution < 1.29 is 26.8 Å². The highest BCUT2D eigenvalue weighted by Gasteiger charge is 2.26.